The van der Waals surface area contributed by atoms with E-state index in [0.29, 0.717) is 11.4 Å². The highest BCUT2D eigenvalue weighted by atomic mass is 32.1. The van der Waals surface area contributed by atoms with Crippen molar-refractivity contribution in [3.63, 3.8) is 0 Å². The molecule has 2 aliphatic rings. The highest BCUT2D eigenvalue weighted by Gasteiger charge is 2.40. The Bertz CT molecular complexity index is 1040. The minimum atomic E-state index is -0.594. The Morgan fingerprint density at radius 1 is 1.13 bits per heavy atom. The highest BCUT2D eigenvalue weighted by molar-refractivity contribution is 7.17. The summed E-state index contributed by atoms with van der Waals surface area (Å²) in [6.07, 6.45) is 6.44. The number of aromatic nitrogens is 2. The molecule has 3 aromatic rings. The van der Waals surface area contributed by atoms with Crippen LogP contribution in [0.1, 0.15) is 35.2 Å². The van der Waals surface area contributed by atoms with Crippen LogP contribution in [0.15, 0.2) is 42.0 Å². The zero-order valence-electron chi connectivity index (χ0n) is 16.8. The van der Waals surface area contributed by atoms with Crippen LogP contribution in [0.2, 0.25) is 0 Å². The summed E-state index contributed by atoms with van der Waals surface area (Å²) in [6.45, 7) is 5.21. The van der Waals surface area contributed by atoms with Crippen LogP contribution in [0.5, 0.6) is 0 Å². The van der Waals surface area contributed by atoms with Crippen molar-refractivity contribution in [2.45, 2.75) is 25.8 Å². The van der Waals surface area contributed by atoms with E-state index < -0.39 is 5.91 Å². The fraction of sp³-hybridized carbons (Fsp3) is 0.409. The summed E-state index contributed by atoms with van der Waals surface area (Å²) < 4.78 is 1.37. The van der Waals surface area contributed by atoms with E-state index in [1.165, 1.54) is 34.5 Å². The van der Waals surface area contributed by atoms with Crippen molar-refractivity contribution in [1.29, 1.82) is 0 Å². The van der Waals surface area contributed by atoms with Gasteiger partial charge in [-0.25, -0.2) is 15.4 Å². The maximum Gasteiger partial charge on any atom is 0.277 e. The molecule has 5 rings (SSSR count). The Kier molecular flexibility index (Phi) is 5.14. The number of carbonyl (C=O) groups excluding carboxylic acids is 1. The second-order valence-electron chi connectivity index (χ2n) is 8.42. The molecule has 2 fully saturated rings. The fourth-order valence-corrected chi connectivity index (χ4v) is 5.77. The molecule has 0 saturated carbocycles. The van der Waals surface area contributed by atoms with Gasteiger partial charge in [-0.2, -0.15) is 0 Å². The van der Waals surface area contributed by atoms with Crippen LogP contribution in [0.25, 0.3) is 10.1 Å². The Labute approximate surface area is 179 Å². The molecule has 4 heterocycles. The maximum atomic E-state index is 11.4. The van der Waals surface area contributed by atoms with Gasteiger partial charge in [0, 0.05) is 43.3 Å². The summed E-state index contributed by atoms with van der Waals surface area (Å²) in [6, 6.07) is 8.68. The topological polar surface area (TPSA) is 81.6 Å². The molecule has 0 bridgehead atoms. The van der Waals surface area contributed by atoms with Crippen LogP contribution in [0.3, 0.4) is 0 Å². The number of carbonyl (C=O) groups is 1. The van der Waals surface area contributed by atoms with Crippen molar-refractivity contribution in [3.8, 4) is 0 Å². The normalized spacial score (nSPS) is 18.9. The SMILES string of the molecule is O=C(NO)c1cnc(N2CCC3(CCN(Cc4csc5ccccc45)C3)CC2)nc1. The van der Waals surface area contributed by atoms with Crippen molar-refractivity contribution < 1.29 is 10.0 Å². The average Bonchev–Trinajstić information content (AvgIpc) is 3.38. The molecule has 0 atom stereocenters. The van der Waals surface area contributed by atoms with Crippen LogP contribution < -0.4 is 10.4 Å². The quantitative estimate of drug-likeness (QED) is 0.495. The third-order valence-corrected chi connectivity index (χ3v) is 7.59. The van der Waals surface area contributed by atoms with Gasteiger partial charge in [-0.3, -0.25) is 14.9 Å². The van der Waals surface area contributed by atoms with Gasteiger partial charge in [0.05, 0.1) is 5.56 Å². The van der Waals surface area contributed by atoms with Gasteiger partial charge < -0.3 is 4.90 Å². The van der Waals surface area contributed by atoms with E-state index in [1.807, 2.05) is 11.3 Å². The summed E-state index contributed by atoms with van der Waals surface area (Å²) in [7, 11) is 0. The number of amides is 1. The molecule has 8 heteroatoms. The molecule has 1 aromatic carbocycles. The predicted molar refractivity (Wildman–Crippen MR) is 117 cm³/mol. The van der Waals surface area contributed by atoms with Gasteiger partial charge in [0.25, 0.3) is 5.91 Å². The first-order valence-electron chi connectivity index (χ1n) is 10.3. The van der Waals surface area contributed by atoms with Gasteiger partial charge in [-0.15, -0.1) is 11.3 Å². The number of piperidine rings is 1. The van der Waals surface area contributed by atoms with E-state index in [9.17, 15) is 4.79 Å². The number of rotatable bonds is 4. The molecular weight excluding hydrogens is 398 g/mol. The molecule has 2 aliphatic heterocycles. The summed E-state index contributed by atoms with van der Waals surface area (Å²) in [5.41, 5.74) is 3.70. The van der Waals surface area contributed by atoms with Crippen molar-refractivity contribution in [3.05, 3.63) is 53.2 Å². The number of nitrogens with zero attached hydrogens (tertiary/aromatic N) is 4. The Balaban J connectivity index is 1.20. The summed E-state index contributed by atoms with van der Waals surface area (Å²) in [5.74, 6) is 0.0579. The van der Waals surface area contributed by atoms with E-state index in [2.05, 4.69) is 49.4 Å². The number of benzene rings is 1. The number of likely N-dealkylation sites (tertiary alicyclic amines) is 1. The van der Waals surface area contributed by atoms with E-state index in [-0.39, 0.29) is 5.56 Å². The fourth-order valence-electron chi connectivity index (χ4n) is 4.81. The molecular formula is C22H25N5O2S. The molecule has 7 nitrogen and oxygen atoms in total. The highest BCUT2D eigenvalue weighted by Crippen LogP contribution is 2.41. The number of anilines is 1. The van der Waals surface area contributed by atoms with Gasteiger partial charge in [-0.1, -0.05) is 18.2 Å². The van der Waals surface area contributed by atoms with E-state index in [4.69, 9.17) is 5.21 Å². The smallest absolute Gasteiger partial charge is 0.277 e. The molecule has 2 saturated heterocycles. The Hall–Kier alpha value is -2.55. The lowest BCUT2D eigenvalue weighted by Gasteiger charge is -2.39. The van der Waals surface area contributed by atoms with E-state index >= 15 is 0 Å². The average molecular weight is 424 g/mol. The van der Waals surface area contributed by atoms with Crippen LogP contribution in [-0.2, 0) is 6.54 Å². The number of hydroxylamine groups is 1. The number of hydrogen-bond acceptors (Lipinski definition) is 7. The minimum absolute atomic E-state index is 0.252. The summed E-state index contributed by atoms with van der Waals surface area (Å²) >= 11 is 1.84. The second kappa shape index (κ2) is 7.94. The van der Waals surface area contributed by atoms with E-state index in [1.54, 1.807) is 5.48 Å². The molecule has 1 amide bonds. The largest absolute Gasteiger partial charge is 0.341 e. The van der Waals surface area contributed by atoms with E-state index in [0.717, 1.165) is 45.6 Å². The van der Waals surface area contributed by atoms with Crippen molar-refractivity contribution in [2.75, 3.05) is 31.1 Å². The number of fused-ring (bicyclic) bond motifs is 1. The first kappa shape index (κ1) is 19.4. The zero-order valence-corrected chi connectivity index (χ0v) is 17.6. The van der Waals surface area contributed by atoms with Crippen molar-refractivity contribution in [2.24, 2.45) is 5.41 Å². The first-order chi connectivity index (χ1) is 14.7. The van der Waals surface area contributed by atoms with Crippen LogP contribution in [-0.4, -0.2) is 52.2 Å². The molecule has 2 aromatic heterocycles. The number of hydrogen-bond donors (Lipinski definition) is 2. The lowest BCUT2D eigenvalue weighted by atomic mass is 9.78. The summed E-state index contributed by atoms with van der Waals surface area (Å²) in [5, 5.41) is 12.4. The monoisotopic (exact) mass is 423 g/mol. The van der Waals surface area contributed by atoms with Gasteiger partial charge in [-0.05, 0) is 53.6 Å². The zero-order chi connectivity index (χ0) is 20.6. The van der Waals surface area contributed by atoms with Crippen LogP contribution >= 0.6 is 11.3 Å². The third-order valence-electron chi connectivity index (χ3n) is 6.58. The van der Waals surface area contributed by atoms with Gasteiger partial charge in [0.1, 0.15) is 0 Å². The molecule has 1 spiro atoms. The standard InChI is InChI=1S/C22H25N5O2S/c28-20(25-29)16-11-23-21(24-12-16)27-9-6-22(7-10-27)5-8-26(15-22)13-17-14-30-19-4-2-1-3-18(17)19/h1-4,11-12,14,29H,5-10,13,15H2,(H,25,28). The molecule has 0 unspecified atom stereocenters. The molecule has 30 heavy (non-hydrogen) atoms. The van der Waals surface area contributed by atoms with Gasteiger partial charge in [0.2, 0.25) is 5.95 Å². The molecule has 2 N–H and O–H groups in total. The summed E-state index contributed by atoms with van der Waals surface area (Å²) in [4.78, 5) is 24.9. The third kappa shape index (κ3) is 3.66. The Morgan fingerprint density at radius 3 is 2.63 bits per heavy atom. The predicted octanol–water partition coefficient (Wildman–Crippen LogP) is 3.30. The second-order valence-corrected chi connectivity index (χ2v) is 9.33. The molecule has 0 radical (unpaired) electrons. The van der Waals surface area contributed by atoms with Crippen molar-refractivity contribution in [1.82, 2.24) is 20.3 Å². The minimum Gasteiger partial charge on any atom is -0.341 e. The number of thiophene rings is 1. The maximum absolute atomic E-state index is 11.4. The molecule has 0 aliphatic carbocycles. The van der Waals surface area contributed by atoms with Gasteiger partial charge >= 0.3 is 0 Å². The Morgan fingerprint density at radius 2 is 1.87 bits per heavy atom. The van der Waals surface area contributed by atoms with Crippen LogP contribution in [0.4, 0.5) is 5.95 Å². The molecule has 156 valence electrons. The first-order valence-corrected chi connectivity index (χ1v) is 11.2. The lowest BCUT2D eigenvalue weighted by Crippen LogP contribution is -2.42. The van der Waals surface area contributed by atoms with Crippen LogP contribution in [0, 0.1) is 5.41 Å². The van der Waals surface area contributed by atoms with Gasteiger partial charge in [0.15, 0.2) is 0 Å². The lowest BCUT2D eigenvalue weighted by molar-refractivity contribution is 0.0705. The van der Waals surface area contributed by atoms with Crippen molar-refractivity contribution >= 4 is 33.3 Å². The number of nitrogens with one attached hydrogen (secondary N) is 1.